The van der Waals surface area contributed by atoms with E-state index in [1.54, 1.807) is 13.2 Å². The lowest BCUT2D eigenvalue weighted by molar-refractivity contribution is -0.171. The van der Waals surface area contributed by atoms with Crippen molar-refractivity contribution in [3.05, 3.63) is 35.1 Å². The topological polar surface area (TPSA) is 152 Å². The number of esters is 1. The maximum Gasteiger partial charge on any atom is 0.333 e. The van der Waals surface area contributed by atoms with Crippen molar-refractivity contribution < 1.29 is 43.9 Å². The van der Waals surface area contributed by atoms with Crippen LogP contribution in [0.5, 0.6) is 11.5 Å². The molecule has 2 bridgehead atoms. The van der Waals surface area contributed by atoms with E-state index in [1.807, 2.05) is 12.1 Å². The number of ether oxygens (including phenoxy) is 3. The number of methoxy groups -OCH3 is 1. The highest BCUT2D eigenvalue weighted by atomic mass is 16.6. The van der Waals surface area contributed by atoms with Gasteiger partial charge >= 0.3 is 11.9 Å². The Hall–Kier alpha value is -3.11. The van der Waals surface area contributed by atoms with Crippen LogP contribution in [0.4, 0.5) is 0 Å². The molecule has 0 aromatic heterocycles. The molecular formula is C26H31NO9. The molecule has 2 unspecified atom stereocenters. The van der Waals surface area contributed by atoms with E-state index < -0.39 is 53.5 Å². The van der Waals surface area contributed by atoms with Crippen molar-refractivity contribution in [2.45, 2.75) is 75.2 Å². The summed E-state index contributed by atoms with van der Waals surface area (Å²) < 4.78 is 17.8. The number of carbonyl (C=O) groups excluding carboxylic acids is 2. The van der Waals surface area contributed by atoms with Crippen LogP contribution in [-0.4, -0.2) is 64.1 Å². The Morgan fingerprint density at radius 2 is 2.06 bits per heavy atom. The molecule has 1 saturated carbocycles. The summed E-state index contributed by atoms with van der Waals surface area (Å²) in [7, 11) is 1.56. The summed E-state index contributed by atoms with van der Waals surface area (Å²) in [4.78, 5) is 35.7. The van der Waals surface area contributed by atoms with Gasteiger partial charge in [0.1, 0.15) is 11.8 Å². The summed E-state index contributed by atoms with van der Waals surface area (Å²) in [6, 6.07) is 2.80. The fraction of sp³-hybridized carbons (Fsp3) is 0.577. The van der Waals surface area contributed by atoms with Gasteiger partial charge in [0.05, 0.1) is 24.5 Å². The second-order valence-corrected chi connectivity index (χ2v) is 10.4. The highest BCUT2D eigenvalue weighted by Gasteiger charge is 2.72. The first-order valence-corrected chi connectivity index (χ1v) is 12.2. The highest BCUT2D eigenvalue weighted by molar-refractivity contribution is 5.87. The van der Waals surface area contributed by atoms with Crippen LogP contribution >= 0.6 is 0 Å². The van der Waals surface area contributed by atoms with Crippen molar-refractivity contribution in [3.8, 4) is 11.5 Å². The Morgan fingerprint density at radius 1 is 1.31 bits per heavy atom. The summed E-state index contributed by atoms with van der Waals surface area (Å²) in [6.45, 7) is 3.58. The van der Waals surface area contributed by atoms with E-state index in [-0.39, 0.29) is 11.7 Å². The Bertz CT molecular complexity index is 1160. The fourth-order valence-electron chi connectivity index (χ4n) is 6.79. The molecule has 3 aliphatic carbocycles. The van der Waals surface area contributed by atoms with Crippen LogP contribution < -0.4 is 14.8 Å². The Balaban J connectivity index is 1.44. The van der Waals surface area contributed by atoms with Crippen LogP contribution in [0.15, 0.2) is 24.0 Å². The standard InChI is InChI=1S/C26H31NO9/c1-12-6-8-25-20-14-4-5-17(34-3)21(20)36-22(25)18(7-9-26(25,33)15(12)10-14)35-24(32)13(2)27-19(29)11-16(28)23(30)31/h4-5,7,12-13,15-16,22,28,33H,6,8-11H2,1-3H3,(H,27,29)(H,30,31)/t12?,13-,15-,16-,22-,25?,26+/m0/s1. The molecule has 1 spiro atoms. The van der Waals surface area contributed by atoms with E-state index in [4.69, 9.17) is 19.3 Å². The summed E-state index contributed by atoms with van der Waals surface area (Å²) in [6.07, 6.45) is 0.996. The first-order valence-electron chi connectivity index (χ1n) is 12.2. The van der Waals surface area contributed by atoms with Crippen LogP contribution in [0.2, 0.25) is 0 Å². The minimum atomic E-state index is -1.87. The first-order chi connectivity index (χ1) is 17.0. The van der Waals surface area contributed by atoms with E-state index in [0.717, 1.165) is 24.0 Å². The summed E-state index contributed by atoms with van der Waals surface area (Å²) in [5, 5.41) is 32.7. The van der Waals surface area contributed by atoms with E-state index in [1.165, 1.54) is 6.92 Å². The Labute approximate surface area is 208 Å². The summed E-state index contributed by atoms with van der Waals surface area (Å²) in [5.74, 6) is -1.35. The van der Waals surface area contributed by atoms with Crippen molar-refractivity contribution >= 4 is 17.8 Å². The molecular weight excluding hydrogens is 470 g/mol. The average molecular weight is 502 g/mol. The number of hydrogen-bond acceptors (Lipinski definition) is 8. The molecule has 1 aromatic carbocycles. The molecule has 4 N–H and O–H groups in total. The predicted molar refractivity (Wildman–Crippen MR) is 124 cm³/mol. The van der Waals surface area contributed by atoms with Gasteiger partial charge in [0.15, 0.2) is 23.7 Å². The third-order valence-corrected chi connectivity index (χ3v) is 8.55. The molecule has 10 heteroatoms. The van der Waals surface area contributed by atoms with Gasteiger partial charge in [-0.2, -0.15) is 0 Å². The van der Waals surface area contributed by atoms with Gasteiger partial charge in [-0.05, 0) is 62.1 Å². The number of aliphatic carboxylic acids is 1. The second kappa shape index (κ2) is 8.48. The SMILES string of the molecule is COc1ccc2c3c1O[C@H]1C(OC(=O)[C@H](C)NC(=O)C[C@H](O)C(=O)O)=CC[C@@]4(O)[C@@H](C2)C(C)CCC314. The van der Waals surface area contributed by atoms with Crippen molar-refractivity contribution in [1.82, 2.24) is 5.32 Å². The van der Waals surface area contributed by atoms with E-state index in [2.05, 4.69) is 12.2 Å². The van der Waals surface area contributed by atoms with Crippen LogP contribution in [-0.2, 0) is 31.0 Å². The summed E-state index contributed by atoms with van der Waals surface area (Å²) >= 11 is 0. The molecule has 7 atom stereocenters. The second-order valence-electron chi connectivity index (χ2n) is 10.4. The van der Waals surface area contributed by atoms with Gasteiger partial charge in [-0.1, -0.05) is 13.0 Å². The molecule has 1 heterocycles. The largest absolute Gasteiger partial charge is 0.493 e. The number of hydrogen-bond donors (Lipinski definition) is 4. The molecule has 1 fully saturated rings. The maximum atomic E-state index is 12.9. The van der Waals surface area contributed by atoms with Crippen molar-refractivity contribution in [2.24, 2.45) is 11.8 Å². The molecule has 0 radical (unpaired) electrons. The molecule has 1 amide bonds. The minimum absolute atomic E-state index is 0.0246. The number of carboxylic acids is 1. The van der Waals surface area contributed by atoms with Gasteiger partial charge in [-0.15, -0.1) is 0 Å². The predicted octanol–water partition coefficient (Wildman–Crippen LogP) is 1.20. The lowest BCUT2D eigenvalue weighted by Gasteiger charge is -2.61. The van der Waals surface area contributed by atoms with Crippen molar-refractivity contribution in [1.29, 1.82) is 0 Å². The molecule has 4 aliphatic rings. The van der Waals surface area contributed by atoms with Crippen LogP contribution in [0, 0.1) is 11.8 Å². The lowest BCUT2D eigenvalue weighted by atomic mass is 9.45. The van der Waals surface area contributed by atoms with E-state index in [0.29, 0.717) is 30.3 Å². The summed E-state index contributed by atoms with van der Waals surface area (Å²) in [5.41, 5.74) is 0.190. The molecule has 10 nitrogen and oxygen atoms in total. The van der Waals surface area contributed by atoms with Crippen LogP contribution in [0.25, 0.3) is 0 Å². The fourth-order valence-corrected chi connectivity index (χ4v) is 6.79. The zero-order chi connectivity index (χ0) is 26.0. The number of nitrogens with one attached hydrogen (secondary N) is 1. The quantitative estimate of drug-likeness (QED) is 0.404. The van der Waals surface area contributed by atoms with Gasteiger partial charge in [-0.3, -0.25) is 4.79 Å². The number of amides is 1. The molecule has 36 heavy (non-hydrogen) atoms. The monoisotopic (exact) mass is 501 g/mol. The maximum absolute atomic E-state index is 12.9. The number of aliphatic hydroxyl groups excluding tert-OH is 1. The number of rotatable bonds is 7. The lowest BCUT2D eigenvalue weighted by Crippen LogP contribution is -2.69. The van der Waals surface area contributed by atoms with Gasteiger partial charge in [0.2, 0.25) is 5.91 Å². The number of carbonyl (C=O) groups is 3. The van der Waals surface area contributed by atoms with Crippen molar-refractivity contribution in [2.75, 3.05) is 7.11 Å². The van der Waals surface area contributed by atoms with Crippen molar-refractivity contribution in [3.63, 3.8) is 0 Å². The number of aliphatic hydroxyl groups is 2. The van der Waals surface area contributed by atoms with E-state index in [9.17, 15) is 24.6 Å². The van der Waals surface area contributed by atoms with Gasteiger partial charge < -0.3 is 34.8 Å². The van der Waals surface area contributed by atoms with Gasteiger partial charge in [-0.25, -0.2) is 9.59 Å². The number of benzene rings is 1. The van der Waals surface area contributed by atoms with Gasteiger partial charge in [0, 0.05) is 5.56 Å². The molecule has 0 saturated heterocycles. The average Bonchev–Trinajstić information content (AvgIpc) is 3.18. The first kappa shape index (κ1) is 24.6. The highest BCUT2D eigenvalue weighted by Crippen LogP contribution is 2.68. The Kier molecular flexibility index (Phi) is 5.79. The van der Waals surface area contributed by atoms with Crippen LogP contribution in [0.1, 0.15) is 50.7 Å². The van der Waals surface area contributed by atoms with Crippen LogP contribution in [0.3, 0.4) is 0 Å². The third kappa shape index (κ3) is 3.34. The van der Waals surface area contributed by atoms with Gasteiger partial charge in [0.25, 0.3) is 0 Å². The molecule has 1 aliphatic heterocycles. The number of carboxylic acid groups (broad SMARTS) is 1. The molecule has 5 rings (SSSR count). The zero-order valence-corrected chi connectivity index (χ0v) is 20.4. The normalized spacial score (nSPS) is 32.8. The minimum Gasteiger partial charge on any atom is -0.493 e. The smallest absolute Gasteiger partial charge is 0.333 e. The third-order valence-electron chi connectivity index (χ3n) is 8.55. The molecule has 194 valence electrons. The Morgan fingerprint density at radius 3 is 2.75 bits per heavy atom. The molecule has 1 aromatic rings. The zero-order valence-electron chi connectivity index (χ0n) is 20.4. The van der Waals surface area contributed by atoms with E-state index >= 15 is 0 Å².